The molecule has 0 unspecified atom stereocenters. The van der Waals surface area contributed by atoms with Crippen molar-refractivity contribution in [1.29, 1.82) is 0 Å². The second kappa shape index (κ2) is 4.82. The summed E-state index contributed by atoms with van der Waals surface area (Å²) in [5.41, 5.74) is 7.89. The molecular formula is C15H12N2O4. The molecule has 1 heterocycles. The van der Waals surface area contributed by atoms with Crippen LogP contribution >= 0.6 is 0 Å². The third-order valence-electron chi connectivity index (χ3n) is 3.29. The number of anilines is 1. The first kappa shape index (κ1) is 13.0. The number of rotatable bonds is 3. The topological polar surface area (TPSA) is 91.5 Å². The molecule has 0 saturated carbocycles. The third kappa shape index (κ3) is 2.16. The Morgan fingerprint density at radius 1 is 1.19 bits per heavy atom. The Labute approximate surface area is 119 Å². The molecule has 3 rings (SSSR count). The Balaban J connectivity index is 2.22. The molecule has 0 fully saturated rings. The van der Waals surface area contributed by atoms with Crippen LogP contribution in [0.3, 0.4) is 0 Å². The van der Waals surface area contributed by atoms with Gasteiger partial charge in [0.2, 0.25) is 0 Å². The van der Waals surface area contributed by atoms with Gasteiger partial charge in [-0.2, -0.15) is 0 Å². The number of nitrogens with two attached hydrogens (primary N) is 1. The summed E-state index contributed by atoms with van der Waals surface area (Å²) in [5, 5.41) is 11.5. The number of benzene rings is 2. The van der Waals surface area contributed by atoms with E-state index < -0.39 is 4.92 Å². The van der Waals surface area contributed by atoms with Crippen LogP contribution in [0.5, 0.6) is 5.75 Å². The molecule has 2 N–H and O–H groups in total. The van der Waals surface area contributed by atoms with Crippen molar-refractivity contribution in [2.24, 2.45) is 0 Å². The predicted octanol–water partition coefficient (Wildman–Crippen LogP) is 3.60. The first-order chi connectivity index (χ1) is 10.1. The van der Waals surface area contributed by atoms with Crippen LogP contribution in [0.4, 0.5) is 11.6 Å². The van der Waals surface area contributed by atoms with Crippen molar-refractivity contribution in [1.82, 2.24) is 0 Å². The number of nitro benzene ring substituents is 1. The highest BCUT2D eigenvalue weighted by Crippen LogP contribution is 2.38. The normalized spacial score (nSPS) is 10.7. The molecular weight excluding hydrogens is 272 g/mol. The summed E-state index contributed by atoms with van der Waals surface area (Å²) in [6.07, 6.45) is 0. The minimum absolute atomic E-state index is 0.00179. The van der Waals surface area contributed by atoms with Crippen molar-refractivity contribution < 1.29 is 14.1 Å². The van der Waals surface area contributed by atoms with Crippen LogP contribution < -0.4 is 10.5 Å². The molecule has 106 valence electrons. The van der Waals surface area contributed by atoms with Gasteiger partial charge in [0.15, 0.2) is 5.88 Å². The van der Waals surface area contributed by atoms with E-state index in [1.54, 1.807) is 25.3 Å². The standard InChI is InChI=1S/C15H12N2O4/c1-20-11-5-2-9(3-6-11)14-12-8-10(17(18)19)4-7-13(12)21-15(14)16/h2-8H,16H2,1H3. The van der Waals surface area contributed by atoms with Gasteiger partial charge >= 0.3 is 0 Å². The fourth-order valence-corrected chi connectivity index (χ4v) is 2.27. The van der Waals surface area contributed by atoms with Crippen molar-refractivity contribution in [3.05, 3.63) is 52.6 Å². The number of nitrogen functional groups attached to an aromatic ring is 1. The summed E-state index contributed by atoms with van der Waals surface area (Å²) in [5.74, 6) is 0.951. The molecule has 0 radical (unpaired) electrons. The van der Waals surface area contributed by atoms with E-state index in [9.17, 15) is 10.1 Å². The zero-order valence-corrected chi connectivity index (χ0v) is 11.2. The molecule has 0 saturated heterocycles. The molecule has 1 aromatic heterocycles. The van der Waals surface area contributed by atoms with Gasteiger partial charge in [-0.1, -0.05) is 12.1 Å². The van der Waals surface area contributed by atoms with Gasteiger partial charge in [0.1, 0.15) is 11.3 Å². The lowest BCUT2D eigenvalue weighted by Gasteiger charge is -2.03. The number of nitrogens with zero attached hydrogens (tertiary/aromatic N) is 1. The van der Waals surface area contributed by atoms with Gasteiger partial charge < -0.3 is 14.9 Å². The number of fused-ring (bicyclic) bond motifs is 1. The third-order valence-corrected chi connectivity index (χ3v) is 3.29. The molecule has 0 bridgehead atoms. The number of nitro groups is 1. The van der Waals surface area contributed by atoms with E-state index in [2.05, 4.69) is 0 Å². The Morgan fingerprint density at radius 3 is 2.52 bits per heavy atom. The van der Waals surface area contributed by atoms with Crippen molar-refractivity contribution in [3.63, 3.8) is 0 Å². The molecule has 6 nitrogen and oxygen atoms in total. The van der Waals surface area contributed by atoms with Gasteiger partial charge in [0.25, 0.3) is 5.69 Å². The van der Waals surface area contributed by atoms with Gasteiger partial charge in [0, 0.05) is 17.5 Å². The zero-order valence-electron chi connectivity index (χ0n) is 11.2. The maximum absolute atomic E-state index is 10.9. The fourth-order valence-electron chi connectivity index (χ4n) is 2.27. The summed E-state index contributed by atoms with van der Waals surface area (Å²) < 4.78 is 10.6. The molecule has 0 aliphatic heterocycles. The maximum Gasteiger partial charge on any atom is 0.270 e. The van der Waals surface area contributed by atoms with E-state index in [4.69, 9.17) is 14.9 Å². The van der Waals surface area contributed by atoms with Crippen LogP contribution in [0.25, 0.3) is 22.1 Å². The number of methoxy groups -OCH3 is 1. The minimum atomic E-state index is -0.444. The number of hydrogen-bond donors (Lipinski definition) is 1. The van der Waals surface area contributed by atoms with E-state index in [0.29, 0.717) is 16.5 Å². The average molecular weight is 284 g/mol. The quantitative estimate of drug-likeness (QED) is 0.586. The lowest BCUT2D eigenvalue weighted by molar-refractivity contribution is -0.384. The van der Waals surface area contributed by atoms with Crippen LogP contribution in [0.2, 0.25) is 0 Å². The molecule has 0 amide bonds. The lowest BCUT2D eigenvalue weighted by atomic mass is 10.0. The summed E-state index contributed by atoms with van der Waals surface area (Å²) in [4.78, 5) is 10.5. The Morgan fingerprint density at radius 2 is 1.90 bits per heavy atom. The van der Waals surface area contributed by atoms with Crippen molar-refractivity contribution in [2.45, 2.75) is 0 Å². The smallest absolute Gasteiger partial charge is 0.270 e. The van der Waals surface area contributed by atoms with Gasteiger partial charge in [-0.15, -0.1) is 0 Å². The van der Waals surface area contributed by atoms with E-state index in [-0.39, 0.29) is 11.6 Å². The maximum atomic E-state index is 10.9. The zero-order chi connectivity index (χ0) is 15.0. The van der Waals surface area contributed by atoms with Crippen molar-refractivity contribution >= 4 is 22.5 Å². The second-order valence-electron chi connectivity index (χ2n) is 4.51. The van der Waals surface area contributed by atoms with Gasteiger partial charge in [-0.3, -0.25) is 10.1 Å². The molecule has 0 atom stereocenters. The predicted molar refractivity (Wildman–Crippen MR) is 79.3 cm³/mol. The Bertz CT molecular complexity index is 822. The monoisotopic (exact) mass is 284 g/mol. The lowest BCUT2D eigenvalue weighted by Crippen LogP contribution is -1.88. The average Bonchev–Trinajstić information content (AvgIpc) is 2.82. The molecule has 2 aromatic carbocycles. The Kier molecular flexibility index (Phi) is 2.98. The highest BCUT2D eigenvalue weighted by Gasteiger charge is 2.17. The van der Waals surface area contributed by atoms with Gasteiger partial charge in [-0.25, -0.2) is 0 Å². The molecule has 6 heteroatoms. The van der Waals surface area contributed by atoms with Crippen LogP contribution in [-0.4, -0.2) is 12.0 Å². The van der Waals surface area contributed by atoms with Crippen LogP contribution in [0.15, 0.2) is 46.9 Å². The summed E-state index contributed by atoms with van der Waals surface area (Å²) in [7, 11) is 1.58. The molecule has 21 heavy (non-hydrogen) atoms. The molecule has 0 spiro atoms. The first-order valence-corrected chi connectivity index (χ1v) is 6.21. The van der Waals surface area contributed by atoms with E-state index >= 15 is 0 Å². The van der Waals surface area contributed by atoms with Gasteiger partial charge in [-0.05, 0) is 23.8 Å². The molecule has 3 aromatic rings. The first-order valence-electron chi connectivity index (χ1n) is 6.21. The number of furan rings is 1. The van der Waals surface area contributed by atoms with Crippen molar-refractivity contribution in [3.8, 4) is 16.9 Å². The molecule has 0 aliphatic carbocycles. The second-order valence-corrected chi connectivity index (χ2v) is 4.51. The highest BCUT2D eigenvalue weighted by molar-refractivity contribution is 6.00. The van der Waals surface area contributed by atoms with E-state index in [1.807, 2.05) is 12.1 Å². The van der Waals surface area contributed by atoms with E-state index in [1.165, 1.54) is 12.1 Å². The van der Waals surface area contributed by atoms with E-state index in [0.717, 1.165) is 11.3 Å². The Hall–Kier alpha value is -3.02. The largest absolute Gasteiger partial charge is 0.497 e. The molecule has 0 aliphatic rings. The summed E-state index contributed by atoms with van der Waals surface area (Å²) in [6.45, 7) is 0. The number of non-ortho nitro benzene ring substituents is 1. The highest BCUT2D eigenvalue weighted by atomic mass is 16.6. The summed E-state index contributed by atoms with van der Waals surface area (Å²) in [6, 6.07) is 11.7. The SMILES string of the molecule is COc1ccc(-c2c(N)oc3ccc([N+](=O)[O-])cc23)cc1. The van der Waals surface area contributed by atoms with Gasteiger partial charge in [0.05, 0.1) is 17.6 Å². The number of ether oxygens (including phenoxy) is 1. The number of hydrogen-bond acceptors (Lipinski definition) is 5. The fraction of sp³-hybridized carbons (Fsp3) is 0.0667. The summed E-state index contributed by atoms with van der Waals surface area (Å²) >= 11 is 0. The minimum Gasteiger partial charge on any atom is -0.497 e. The van der Waals surface area contributed by atoms with Crippen LogP contribution in [0, 0.1) is 10.1 Å². The van der Waals surface area contributed by atoms with Crippen LogP contribution in [0.1, 0.15) is 0 Å². The van der Waals surface area contributed by atoms with Crippen LogP contribution in [-0.2, 0) is 0 Å². The van der Waals surface area contributed by atoms with Crippen molar-refractivity contribution in [2.75, 3.05) is 12.8 Å².